The average molecular weight is 524 g/mol. The van der Waals surface area contributed by atoms with Crippen LogP contribution in [-0.4, -0.2) is 95.9 Å². The summed E-state index contributed by atoms with van der Waals surface area (Å²) in [5.41, 5.74) is 2.48. The number of ether oxygens (including phenoxy) is 2. The number of rotatable bonds is 8. The van der Waals surface area contributed by atoms with Gasteiger partial charge in [0.1, 0.15) is 18.0 Å². The molecule has 1 N–H and O–H groups in total. The van der Waals surface area contributed by atoms with Gasteiger partial charge < -0.3 is 19.3 Å². The van der Waals surface area contributed by atoms with Crippen molar-refractivity contribution >= 4 is 17.5 Å². The van der Waals surface area contributed by atoms with Gasteiger partial charge >= 0.3 is 0 Å². The fourth-order valence-corrected chi connectivity index (χ4v) is 5.15. The van der Waals surface area contributed by atoms with Crippen LogP contribution in [0.4, 0.5) is 0 Å². The van der Waals surface area contributed by atoms with Crippen molar-refractivity contribution in [1.29, 1.82) is 0 Å². The largest absolute Gasteiger partial charge is 0.491 e. The van der Waals surface area contributed by atoms with E-state index in [1.54, 1.807) is 12.1 Å². The van der Waals surface area contributed by atoms with Crippen molar-refractivity contribution in [3.63, 3.8) is 0 Å². The predicted octanol–water partition coefficient (Wildman–Crippen LogP) is 3.54. The summed E-state index contributed by atoms with van der Waals surface area (Å²) >= 11 is 6.05. The van der Waals surface area contributed by atoms with Gasteiger partial charge in [0.25, 0.3) is 0 Å². The van der Waals surface area contributed by atoms with E-state index in [4.69, 9.17) is 21.1 Å². The highest BCUT2D eigenvalue weighted by molar-refractivity contribution is 6.30. The van der Waals surface area contributed by atoms with Gasteiger partial charge in [0.05, 0.1) is 24.9 Å². The molecule has 5 rings (SSSR count). The van der Waals surface area contributed by atoms with Crippen LogP contribution < -0.4 is 4.74 Å². The topological polar surface area (TPSA) is 73.9 Å². The van der Waals surface area contributed by atoms with Crippen LogP contribution in [0.5, 0.6) is 5.75 Å². The molecule has 2 aliphatic rings. The maximum Gasteiger partial charge on any atom is 0.225 e. The van der Waals surface area contributed by atoms with Gasteiger partial charge in [-0.1, -0.05) is 41.9 Å². The summed E-state index contributed by atoms with van der Waals surface area (Å²) < 4.78 is 12.6. The second kappa shape index (κ2) is 11.6. The fraction of sp³-hybridized carbons (Fsp3) is 0.429. The van der Waals surface area contributed by atoms with E-state index in [1.165, 1.54) is 0 Å². The van der Waals surface area contributed by atoms with Gasteiger partial charge in [-0.15, -0.1) is 0 Å². The lowest BCUT2D eigenvalue weighted by atomic mass is 9.96. The van der Waals surface area contributed by atoms with Gasteiger partial charge in [0.15, 0.2) is 0 Å². The number of carbonyl (C=O) groups excluding carboxylic acids is 1. The van der Waals surface area contributed by atoms with E-state index in [-0.39, 0.29) is 18.9 Å². The number of piperazine rings is 1. The third kappa shape index (κ3) is 6.51. The highest BCUT2D eigenvalue weighted by Gasteiger charge is 2.41. The molecular formula is C28H34ClN5O3. The molecule has 2 saturated heterocycles. The lowest BCUT2D eigenvalue weighted by Gasteiger charge is -2.43. The Morgan fingerprint density at radius 1 is 1.08 bits per heavy atom. The van der Waals surface area contributed by atoms with Gasteiger partial charge in [-0.3, -0.25) is 14.8 Å². The summed E-state index contributed by atoms with van der Waals surface area (Å²) in [4.78, 5) is 20.0. The first-order valence-electron chi connectivity index (χ1n) is 12.8. The van der Waals surface area contributed by atoms with Crippen molar-refractivity contribution in [2.45, 2.75) is 18.6 Å². The van der Waals surface area contributed by atoms with Crippen molar-refractivity contribution in [3.8, 4) is 17.0 Å². The van der Waals surface area contributed by atoms with Crippen LogP contribution in [0.2, 0.25) is 5.02 Å². The fourth-order valence-electron chi connectivity index (χ4n) is 5.02. The molecule has 3 aromatic rings. The van der Waals surface area contributed by atoms with Gasteiger partial charge in [-0.25, -0.2) is 0 Å². The Kier molecular flexibility index (Phi) is 8.10. The summed E-state index contributed by atoms with van der Waals surface area (Å²) in [5.74, 6) is 0.820. The molecule has 2 aromatic carbocycles. The second-order valence-corrected chi connectivity index (χ2v) is 10.4. The zero-order valence-corrected chi connectivity index (χ0v) is 22.0. The van der Waals surface area contributed by atoms with E-state index in [9.17, 15) is 4.79 Å². The van der Waals surface area contributed by atoms with E-state index in [2.05, 4.69) is 39.2 Å². The minimum absolute atomic E-state index is 0.114. The standard InChI is InChI=1S/C28H34ClN5O3/c1-32-11-13-34(14-12-32)26(35)17-28(21-36-25-9-7-24(29)8-10-25)20-33(15-16-37-28)19-23-18-30-31-27(23)22-5-3-2-4-6-22/h2-10,18H,11-17,19-21H2,1H3,(H,30,31)/t28-/m1/s1. The Bertz CT molecular complexity index is 1160. The molecule has 0 radical (unpaired) electrons. The van der Waals surface area contributed by atoms with Crippen molar-refractivity contribution in [3.05, 3.63) is 71.4 Å². The minimum Gasteiger partial charge on any atom is -0.491 e. The summed E-state index contributed by atoms with van der Waals surface area (Å²) in [6.07, 6.45) is 2.16. The molecule has 9 heteroatoms. The monoisotopic (exact) mass is 523 g/mol. The first-order valence-corrected chi connectivity index (χ1v) is 13.2. The van der Waals surface area contributed by atoms with Gasteiger partial charge in [-0.2, -0.15) is 5.10 Å². The van der Waals surface area contributed by atoms with E-state index < -0.39 is 5.60 Å². The minimum atomic E-state index is -0.755. The molecule has 0 aliphatic carbocycles. The second-order valence-electron chi connectivity index (χ2n) is 9.98. The molecule has 3 heterocycles. The number of aromatic nitrogens is 2. The Balaban J connectivity index is 1.32. The number of nitrogens with one attached hydrogen (secondary N) is 1. The highest BCUT2D eigenvalue weighted by Crippen LogP contribution is 2.29. The highest BCUT2D eigenvalue weighted by atomic mass is 35.5. The maximum atomic E-state index is 13.4. The molecular weight excluding hydrogens is 490 g/mol. The number of aromatic amines is 1. The van der Waals surface area contributed by atoms with E-state index >= 15 is 0 Å². The van der Waals surface area contributed by atoms with Crippen molar-refractivity contribution in [1.82, 2.24) is 24.9 Å². The Labute approximate surface area is 223 Å². The van der Waals surface area contributed by atoms with Crippen LogP contribution in [-0.2, 0) is 16.1 Å². The molecule has 2 aliphatic heterocycles. The number of amides is 1. The van der Waals surface area contributed by atoms with Gasteiger partial charge in [0, 0.05) is 56.4 Å². The van der Waals surface area contributed by atoms with Crippen molar-refractivity contribution in [2.75, 3.05) is 59.5 Å². The first kappa shape index (κ1) is 25.7. The van der Waals surface area contributed by atoms with Crippen LogP contribution in [0, 0.1) is 0 Å². The lowest BCUT2D eigenvalue weighted by Crippen LogP contribution is -2.58. The third-order valence-corrected chi connectivity index (χ3v) is 7.40. The normalized spacial score (nSPS) is 21.2. The summed E-state index contributed by atoms with van der Waals surface area (Å²) in [6.45, 7) is 6.11. The number of hydrogen-bond donors (Lipinski definition) is 1. The molecule has 8 nitrogen and oxygen atoms in total. The van der Waals surface area contributed by atoms with Crippen LogP contribution in [0.15, 0.2) is 60.8 Å². The smallest absolute Gasteiger partial charge is 0.225 e. The van der Waals surface area contributed by atoms with E-state index in [0.717, 1.165) is 49.5 Å². The molecule has 0 unspecified atom stereocenters. The maximum absolute atomic E-state index is 13.4. The van der Waals surface area contributed by atoms with Crippen molar-refractivity contribution in [2.24, 2.45) is 0 Å². The molecule has 1 amide bonds. The SMILES string of the molecule is CN1CCN(C(=O)C[C@]2(COc3ccc(Cl)cc3)CN(Cc3cn[nH]c3-c3ccccc3)CCO2)CC1. The molecule has 2 fully saturated rings. The molecule has 196 valence electrons. The van der Waals surface area contributed by atoms with Crippen LogP contribution in [0.25, 0.3) is 11.3 Å². The molecule has 0 spiro atoms. The summed E-state index contributed by atoms with van der Waals surface area (Å²) in [7, 11) is 2.09. The Morgan fingerprint density at radius 2 is 1.84 bits per heavy atom. The summed E-state index contributed by atoms with van der Waals surface area (Å²) in [6, 6.07) is 17.5. The zero-order chi connectivity index (χ0) is 25.7. The van der Waals surface area contributed by atoms with Gasteiger partial charge in [0.2, 0.25) is 5.91 Å². The van der Waals surface area contributed by atoms with Crippen LogP contribution in [0.3, 0.4) is 0 Å². The van der Waals surface area contributed by atoms with Crippen LogP contribution in [0.1, 0.15) is 12.0 Å². The lowest BCUT2D eigenvalue weighted by molar-refractivity contribution is -0.157. The molecule has 0 bridgehead atoms. The number of morpholine rings is 1. The van der Waals surface area contributed by atoms with Crippen LogP contribution >= 0.6 is 11.6 Å². The number of H-pyrrole nitrogens is 1. The Hall–Kier alpha value is -2.91. The average Bonchev–Trinajstić information content (AvgIpc) is 3.37. The van der Waals surface area contributed by atoms with E-state index in [0.29, 0.717) is 30.5 Å². The Morgan fingerprint density at radius 3 is 2.59 bits per heavy atom. The van der Waals surface area contributed by atoms with Crippen molar-refractivity contribution < 1.29 is 14.3 Å². The number of likely N-dealkylation sites (N-methyl/N-ethyl adjacent to an activating group) is 1. The first-order chi connectivity index (χ1) is 18.0. The number of nitrogens with zero attached hydrogens (tertiary/aromatic N) is 4. The number of carbonyl (C=O) groups is 1. The molecule has 0 saturated carbocycles. The van der Waals surface area contributed by atoms with E-state index in [1.807, 2.05) is 41.4 Å². The molecule has 37 heavy (non-hydrogen) atoms. The third-order valence-electron chi connectivity index (χ3n) is 7.15. The summed E-state index contributed by atoms with van der Waals surface area (Å²) in [5, 5.41) is 8.12. The molecule has 1 aromatic heterocycles. The quantitative estimate of drug-likeness (QED) is 0.487. The molecule has 1 atom stereocenters. The number of hydrogen-bond acceptors (Lipinski definition) is 6. The predicted molar refractivity (Wildman–Crippen MR) is 144 cm³/mol. The number of halogens is 1. The number of benzene rings is 2. The van der Waals surface area contributed by atoms with Gasteiger partial charge in [-0.05, 0) is 36.9 Å². The zero-order valence-electron chi connectivity index (χ0n) is 21.2.